The molecule has 4 nitrogen and oxygen atoms in total. The molecule has 0 aliphatic carbocycles. The third-order valence-electron chi connectivity index (χ3n) is 4.42. The Kier molecular flexibility index (Phi) is 4.84. The summed E-state index contributed by atoms with van der Waals surface area (Å²) in [5, 5.41) is 3.41. The standard InChI is InChI=1S/C23H16BrNO3/c1-14-2-11-21-19(12-14)20(26)13-22(28-21)15-3-5-16(6-4-15)23(27)25-18-9-7-17(24)8-10-18/h2-13H,1H3,(H,25,27). The summed E-state index contributed by atoms with van der Waals surface area (Å²) >= 11 is 3.37. The highest BCUT2D eigenvalue weighted by Crippen LogP contribution is 2.23. The SMILES string of the molecule is Cc1ccc2oc(-c3ccc(C(=O)Nc4ccc(Br)cc4)cc3)cc(=O)c2c1. The highest BCUT2D eigenvalue weighted by atomic mass is 79.9. The molecule has 3 aromatic carbocycles. The number of anilines is 1. The summed E-state index contributed by atoms with van der Waals surface area (Å²) < 4.78 is 6.83. The molecule has 0 bridgehead atoms. The van der Waals surface area contributed by atoms with E-state index in [-0.39, 0.29) is 11.3 Å². The van der Waals surface area contributed by atoms with Crippen molar-refractivity contribution in [2.45, 2.75) is 6.92 Å². The van der Waals surface area contributed by atoms with E-state index >= 15 is 0 Å². The number of carbonyl (C=O) groups is 1. The topological polar surface area (TPSA) is 59.3 Å². The minimum Gasteiger partial charge on any atom is -0.456 e. The van der Waals surface area contributed by atoms with Gasteiger partial charge in [-0.15, -0.1) is 0 Å². The van der Waals surface area contributed by atoms with Crippen LogP contribution in [0.4, 0.5) is 5.69 Å². The molecule has 28 heavy (non-hydrogen) atoms. The van der Waals surface area contributed by atoms with Crippen LogP contribution in [-0.4, -0.2) is 5.91 Å². The van der Waals surface area contributed by atoms with E-state index in [0.717, 1.165) is 15.6 Å². The van der Waals surface area contributed by atoms with Gasteiger partial charge in [-0.3, -0.25) is 9.59 Å². The Hall–Kier alpha value is -3.18. The van der Waals surface area contributed by atoms with Crippen molar-refractivity contribution in [1.82, 2.24) is 0 Å². The predicted molar refractivity (Wildman–Crippen MR) is 115 cm³/mol. The van der Waals surface area contributed by atoms with Gasteiger partial charge in [0.15, 0.2) is 5.43 Å². The molecule has 0 saturated carbocycles. The number of aryl methyl sites for hydroxylation is 1. The van der Waals surface area contributed by atoms with Gasteiger partial charge in [0.1, 0.15) is 11.3 Å². The van der Waals surface area contributed by atoms with E-state index in [2.05, 4.69) is 21.2 Å². The van der Waals surface area contributed by atoms with Crippen molar-refractivity contribution in [1.29, 1.82) is 0 Å². The summed E-state index contributed by atoms with van der Waals surface area (Å²) in [4.78, 5) is 24.8. The van der Waals surface area contributed by atoms with Gasteiger partial charge in [-0.25, -0.2) is 0 Å². The second-order valence-corrected chi connectivity index (χ2v) is 7.43. The molecule has 4 aromatic rings. The van der Waals surface area contributed by atoms with E-state index in [1.165, 1.54) is 6.07 Å². The molecule has 0 radical (unpaired) electrons. The Labute approximate surface area is 170 Å². The molecule has 0 aliphatic rings. The number of benzene rings is 3. The molecule has 0 unspecified atom stereocenters. The van der Waals surface area contributed by atoms with Gasteiger partial charge < -0.3 is 9.73 Å². The first-order valence-corrected chi connectivity index (χ1v) is 9.51. The van der Waals surface area contributed by atoms with Crippen molar-refractivity contribution in [3.05, 3.63) is 98.6 Å². The molecule has 0 spiro atoms. The maximum Gasteiger partial charge on any atom is 0.255 e. The summed E-state index contributed by atoms with van der Waals surface area (Å²) in [5.41, 5.74) is 3.44. The molecule has 5 heteroatoms. The van der Waals surface area contributed by atoms with E-state index < -0.39 is 0 Å². The van der Waals surface area contributed by atoms with Crippen molar-refractivity contribution in [3.8, 4) is 11.3 Å². The zero-order valence-electron chi connectivity index (χ0n) is 15.0. The molecule has 4 rings (SSSR count). The van der Waals surface area contributed by atoms with Crippen LogP contribution < -0.4 is 10.7 Å². The average Bonchev–Trinajstić information content (AvgIpc) is 2.70. The first-order chi connectivity index (χ1) is 13.5. The lowest BCUT2D eigenvalue weighted by molar-refractivity contribution is 0.102. The summed E-state index contributed by atoms with van der Waals surface area (Å²) in [6, 6.07) is 21.3. The Morgan fingerprint density at radius 3 is 2.36 bits per heavy atom. The number of fused-ring (bicyclic) bond motifs is 1. The van der Waals surface area contributed by atoms with Gasteiger partial charge >= 0.3 is 0 Å². The quantitative estimate of drug-likeness (QED) is 0.445. The van der Waals surface area contributed by atoms with E-state index in [1.807, 2.05) is 43.3 Å². The van der Waals surface area contributed by atoms with Crippen LogP contribution in [0.25, 0.3) is 22.3 Å². The second-order valence-electron chi connectivity index (χ2n) is 6.51. The minimum absolute atomic E-state index is 0.0861. The molecule has 1 aromatic heterocycles. The van der Waals surface area contributed by atoms with Crippen molar-refractivity contribution in [3.63, 3.8) is 0 Å². The van der Waals surface area contributed by atoms with Crippen LogP contribution in [0.15, 0.2) is 86.5 Å². The lowest BCUT2D eigenvalue weighted by Crippen LogP contribution is -2.11. The summed E-state index contributed by atoms with van der Waals surface area (Å²) in [6.45, 7) is 1.94. The lowest BCUT2D eigenvalue weighted by atomic mass is 10.1. The second kappa shape index (κ2) is 7.44. The maximum atomic E-state index is 12.4. The Morgan fingerprint density at radius 1 is 0.929 bits per heavy atom. The predicted octanol–water partition coefficient (Wildman–Crippen LogP) is 5.78. The highest BCUT2D eigenvalue weighted by Gasteiger charge is 2.10. The average molecular weight is 434 g/mol. The Morgan fingerprint density at radius 2 is 1.64 bits per heavy atom. The molecule has 1 heterocycles. The van der Waals surface area contributed by atoms with Crippen LogP contribution in [0, 0.1) is 6.92 Å². The van der Waals surface area contributed by atoms with Gasteiger partial charge in [0, 0.05) is 27.4 Å². The molecule has 1 amide bonds. The van der Waals surface area contributed by atoms with Gasteiger partial charge in [-0.05, 0) is 55.5 Å². The van der Waals surface area contributed by atoms with Crippen molar-refractivity contribution < 1.29 is 9.21 Å². The van der Waals surface area contributed by atoms with Crippen molar-refractivity contribution in [2.75, 3.05) is 5.32 Å². The van der Waals surface area contributed by atoms with Crippen molar-refractivity contribution in [2.24, 2.45) is 0 Å². The largest absolute Gasteiger partial charge is 0.456 e. The van der Waals surface area contributed by atoms with Crippen LogP contribution in [-0.2, 0) is 0 Å². The number of amides is 1. The van der Waals surface area contributed by atoms with Crippen LogP contribution in [0.3, 0.4) is 0 Å². The fourth-order valence-corrected chi connectivity index (χ4v) is 3.20. The fourth-order valence-electron chi connectivity index (χ4n) is 2.93. The number of hydrogen-bond acceptors (Lipinski definition) is 3. The van der Waals surface area contributed by atoms with Crippen LogP contribution >= 0.6 is 15.9 Å². The number of nitrogens with one attached hydrogen (secondary N) is 1. The Balaban J connectivity index is 1.60. The smallest absolute Gasteiger partial charge is 0.255 e. The molecule has 0 saturated heterocycles. The molecular weight excluding hydrogens is 418 g/mol. The highest BCUT2D eigenvalue weighted by molar-refractivity contribution is 9.10. The van der Waals surface area contributed by atoms with Gasteiger partial charge in [-0.2, -0.15) is 0 Å². The summed E-state index contributed by atoms with van der Waals surface area (Å²) in [6.07, 6.45) is 0. The fraction of sp³-hybridized carbons (Fsp3) is 0.0435. The van der Waals surface area contributed by atoms with Gasteiger partial charge in [0.2, 0.25) is 0 Å². The summed E-state index contributed by atoms with van der Waals surface area (Å²) in [7, 11) is 0. The third kappa shape index (κ3) is 3.75. The molecule has 138 valence electrons. The number of hydrogen-bond donors (Lipinski definition) is 1. The summed E-state index contributed by atoms with van der Waals surface area (Å²) in [5.74, 6) is 0.269. The number of rotatable bonds is 3. The lowest BCUT2D eigenvalue weighted by Gasteiger charge is -2.07. The van der Waals surface area contributed by atoms with Crippen LogP contribution in [0.1, 0.15) is 15.9 Å². The molecule has 1 N–H and O–H groups in total. The minimum atomic E-state index is -0.204. The van der Waals surface area contributed by atoms with Gasteiger partial charge in [0.05, 0.1) is 5.39 Å². The number of halogens is 1. The molecule has 0 fully saturated rings. The van der Waals surface area contributed by atoms with Crippen molar-refractivity contribution >= 4 is 38.5 Å². The zero-order valence-corrected chi connectivity index (χ0v) is 16.6. The Bertz CT molecular complexity index is 1230. The van der Waals surface area contributed by atoms with E-state index in [9.17, 15) is 9.59 Å². The normalized spacial score (nSPS) is 10.8. The first kappa shape index (κ1) is 18.2. The third-order valence-corrected chi connectivity index (χ3v) is 4.94. The maximum absolute atomic E-state index is 12.4. The monoisotopic (exact) mass is 433 g/mol. The van der Waals surface area contributed by atoms with Gasteiger partial charge in [-0.1, -0.05) is 39.7 Å². The molecule has 0 atom stereocenters. The van der Waals surface area contributed by atoms with Crippen LogP contribution in [0.5, 0.6) is 0 Å². The first-order valence-electron chi connectivity index (χ1n) is 8.71. The molecule has 0 aliphatic heterocycles. The number of carbonyl (C=O) groups excluding carboxylic acids is 1. The van der Waals surface area contributed by atoms with E-state index in [1.54, 1.807) is 30.3 Å². The zero-order chi connectivity index (χ0) is 19.7. The van der Waals surface area contributed by atoms with E-state index in [4.69, 9.17) is 4.42 Å². The van der Waals surface area contributed by atoms with E-state index in [0.29, 0.717) is 28.0 Å². The van der Waals surface area contributed by atoms with Crippen LogP contribution in [0.2, 0.25) is 0 Å². The molecular formula is C23H16BrNO3. The van der Waals surface area contributed by atoms with Gasteiger partial charge in [0.25, 0.3) is 5.91 Å².